The highest BCUT2D eigenvalue weighted by Crippen LogP contribution is 2.20. The van der Waals surface area contributed by atoms with Gasteiger partial charge in [0.25, 0.3) is 0 Å². The maximum Gasteiger partial charge on any atom is 0.333 e. The average Bonchev–Trinajstić information content (AvgIpc) is 1.82. The van der Waals surface area contributed by atoms with Crippen molar-refractivity contribution >= 4 is 5.97 Å². The minimum atomic E-state index is -0.109. The second-order valence-electron chi connectivity index (χ2n) is 3.27. The van der Waals surface area contributed by atoms with Gasteiger partial charge in [0.1, 0.15) is 0 Å². The number of allylic oxidation sites excluding steroid dienone is 1. The summed E-state index contributed by atoms with van der Waals surface area (Å²) in [5.74, 6) is -0.109. The summed E-state index contributed by atoms with van der Waals surface area (Å²) in [6, 6.07) is 0. The number of carbonyl (C=O) groups excluding carboxylic acids is 1. The van der Waals surface area contributed by atoms with Crippen LogP contribution >= 0.6 is 0 Å². The number of rotatable bonds is 4. The van der Waals surface area contributed by atoms with Gasteiger partial charge in [-0.2, -0.15) is 0 Å². The lowest BCUT2D eigenvalue weighted by Crippen LogP contribution is -2.18. The first kappa shape index (κ1) is 9.30. The maximum absolute atomic E-state index is 11.2. The molecule has 0 aromatic carbocycles. The van der Waals surface area contributed by atoms with Gasteiger partial charge in [-0.05, 0) is 26.2 Å². The first-order valence-electron chi connectivity index (χ1n) is 4.64. The molecule has 0 spiro atoms. The van der Waals surface area contributed by atoms with Crippen molar-refractivity contribution in [3.8, 4) is 0 Å². The molecule has 1 aliphatic carbocycles. The number of hydrogen-bond acceptors (Lipinski definition) is 2. The quantitative estimate of drug-likeness (QED) is 0.603. The van der Waals surface area contributed by atoms with E-state index in [1.165, 1.54) is 0 Å². The Morgan fingerprint density at radius 1 is 1.75 bits per heavy atom. The Morgan fingerprint density at radius 3 is 2.83 bits per heavy atom. The predicted octanol–water partition coefficient (Wildman–Crippen LogP) is 2.44. The van der Waals surface area contributed by atoms with E-state index in [1.54, 1.807) is 0 Å². The van der Waals surface area contributed by atoms with E-state index in [-0.39, 0.29) is 12.1 Å². The number of carbonyl (C=O) groups is 1. The molecule has 2 heteroatoms. The monoisotopic (exact) mass is 168 g/mol. The highest BCUT2D eigenvalue weighted by Gasteiger charge is 2.17. The predicted molar refractivity (Wildman–Crippen MR) is 47.8 cm³/mol. The SMILES string of the molecule is CCCC(C)OC(=O)C1=CCC1. The third-order valence-corrected chi connectivity index (χ3v) is 2.07. The molecule has 68 valence electrons. The summed E-state index contributed by atoms with van der Waals surface area (Å²) < 4.78 is 5.19. The Morgan fingerprint density at radius 2 is 2.42 bits per heavy atom. The molecule has 1 atom stereocenters. The lowest BCUT2D eigenvalue weighted by Gasteiger charge is -2.17. The van der Waals surface area contributed by atoms with E-state index in [4.69, 9.17) is 4.74 Å². The zero-order chi connectivity index (χ0) is 8.97. The fourth-order valence-corrected chi connectivity index (χ4v) is 1.20. The fraction of sp³-hybridized carbons (Fsp3) is 0.700. The van der Waals surface area contributed by atoms with Crippen LogP contribution in [-0.4, -0.2) is 12.1 Å². The lowest BCUT2D eigenvalue weighted by atomic mass is 9.99. The Balaban J connectivity index is 2.25. The van der Waals surface area contributed by atoms with Crippen molar-refractivity contribution in [3.05, 3.63) is 11.6 Å². The van der Waals surface area contributed by atoms with Gasteiger partial charge in [0.2, 0.25) is 0 Å². The van der Waals surface area contributed by atoms with Gasteiger partial charge in [-0.3, -0.25) is 0 Å². The molecular formula is C10H16O2. The second kappa shape index (κ2) is 4.29. The molecule has 0 fully saturated rings. The first-order chi connectivity index (χ1) is 5.74. The van der Waals surface area contributed by atoms with Crippen LogP contribution < -0.4 is 0 Å². The molecule has 0 heterocycles. The van der Waals surface area contributed by atoms with Gasteiger partial charge in [0.15, 0.2) is 0 Å². The van der Waals surface area contributed by atoms with Crippen LogP contribution in [0.2, 0.25) is 0 Å². The third kappa shape index (κ3) is 2.36. The van der Waals surface area contributed by atoms with Crippen LogP contribution in [-0.2, 0) is 9.53 Å². The van der Waals surface area contributed by atoms with Crippen molar-refractivity contribution in [2.24, 2.45) is 0 Å². The molecule has 1 unspecified atom stereocenters. The lowest BCUT2D eigenvalue weighted by molar-refractivity contribution is -0.144. The molecule has 1 aliphatic rings. The molecule has 0 radical (unpaired) electrons. The van der Waals surface area contributed by atoms with Gasteiger partial charge in [-0.15, -0.1) is 0 Å². The van der Waals surface area contributed by atoms with E-state index in [1.807, 2.05) is 13.0 Å². The van der Waals surface area contributed by atoms with Crippen molar-refractivity contribution in [1.29, 1.82) is 0 Å². The Hall–Kier alpha value is -0.790. The first-order valence-corrected chi connectivity index (χ1v) is 4.64. The molecule has 0 N–H and O–H groups in total. The standard InChI is InChI=1S/C10H16O2/c1-3-5-8(2)12-10(11)9-6-4-7-9/h6,8H,3-5,7H2,1-2H3. The number of hydrogen-bond donors (Lipinski definition) is 0. The molecule has 12 heavy (non-hydrogen) atoms. The summed E-state index contributed by atoms with van der Waals surface area (Å²) >= 11 is 0. The summed E-state index contributed by atoms with van der Waals surface area (Å²) in [6.45, 7) is 4.04. The Bertz CT molecular complexity index is 194. The van der Waals surface area contributed by atoms with Gasteiger partial charge >= 0.3 is 5.97 Å². The average molecular weight is 168 g/mol. The van der Waals surface area contributed by atoms with Crippen LogP contribution in [0, 0.1) is 0 Å². The largest absolute Gasteiger partial charge is 0.459 e. The van der Waals surface area contributed by atoms with E-state index in [0.29, 0.717) is 0 Å². The fourth-order valence-electron chi connectivity index (χ4n) is 1.20. The molecule has 0 saturated carbocycles. The van der Waals surface area contributed by atoms with E-state index in [9.17, 15) is 4.79 Å². The van der Waals surface area contributed by atoms with Crippen LogP contribution in [0.5, 0.6) is 0 Å². The molecule has 0 amide bonds. The number of esters is 1. The number of ether oxygens (including phenoxy) is 1. The molecule has 0 aliphatic heterocycles. The molecular weight excluding hydrogens is 152 g/mol. The van der Waals surface area contributed by atoms with Crippen molar-refractivity contribution in [2.45, 2.75) is 45.6 Å². The molecule has 0 aromatic rings. The normalized spacial score (nSPS) is 17.7. The van der Waals surface area contributed by atoms with E-state index in [2.05, 4.69) is 6.92 Å². The molecule has 0 aromatic heterocycles. The molecule has 0 saturated heterocycles. The van der Waals surface area contributed by atoms with Crippen LogP contribution in [0.3, 0.4) is 0 Å². The van der Waals surface area contributed by atoms with E-state index >= 15 is 0 Å². The summed E-state index contributed by atoms with van der Waals surface area (Å²) in [6.07, 6.45) is 5.97. The Kier molecular flexibility index (Phi) is 3.32. The summed E-state index contributed by atoms with van der Waals surface area (Å²) in [5, 5.41) is 0. The van der Waals surface area contributed by atoms with Gasteiger partial charge in [-0.1, -0.05) is 19.4 Å². The minimum absolute atomic E-state index is 0.0731. The van der Waals surface area contributed by atoms with Crippen molar-refractivity contribution < 1.29 is 9.53 Å². The Labute approximate surface area is 73.6 Å². The van der Waals surface area contributed by atoms with Crippen LogP contribution in [0.25, 0.3) is 0 Å². The van der Waals surface area contributed by atoms with Gasteiger partial charge in [-0.25, -0.2) is 4.79 Å². The highest BCUT2D eigenvalue weighted by molar-refractivity contribution is 5.89. The highest BCUT2D eigenvalue weighted by atomic mass is 16.5. The van der Waals surface area contributed by atoms with Gasteiger partial charge < -0.3 is 4.74 Å². The topological polar surface area (TPSA) is 26.3 Å². The summed E-state index contributed by atoms with van der Waals surface area (Å²) in [4.78, 5) is 11.2. The minimum Gasteiger partial charge on any atom is -0.459 e. The smallest absolute Gasteiger partial charge is 0.333 e. The molecule has 1 rings (SSSR count). The van der Waals surface area contributed by atoms with Crippen molar-refractivity contribution in [2.75, 3.05) is 0 Å². The third-order valence-electron chi connectivity index (χ3n) is 2.07. The van der Waals surface area contributed by atoms with E-state index < -0.39 is 0 Å². The van der Waals surface area contributed by atoms with Crippen molar-refractivity contribution in [3.63, 3.8) is 0 Å². The second-order valence-corrected chi connectivity index (χ2v) is 3.27. The van der Waals surface area contributed by atoms with Crippen LogP contribution in [0.1, 0.15) is 39.5 Å². The zero-order valence-electron chi connectivity index (χ0n) is 7.80. The van der Waals surface area contributed by atoms with Gasteiger partial charge in [0, 0.05) is 5.57 Å². The zero-order valence-corrected chi connectivity index (χ0v) is 7.80. The van der Waals surface area contributed by atoms with E-state index in [0.717, 1.165) is 31.3 Å². The molecule has 0 bridgehead atoms. The summed E-state index contributed by atoms with van der Waals surface area (Å²) in [5.41, 5.74) is 0.859. The molecule has 2 nitrogen and oxygen atoms in total. The maximum atomic E-state index is 11.2. The van der Waals surface area contributed by atoms with Crippen molar-refractivity contribution in [1.82, 2.24) is 0 Å². The van der Waals surface area contributed by atoms with Crippen LogP contribution in [0.4, 0.5) is 0 Å². The van der Waals surface area contributed by atoms with Crippen LogP contribution in [0.15, 0.2) is 11.6 Å². The summed E-state index contributed by atoms with van der Waals surface area (Å²) in [7, 11) is 0. The van der Waals surface area contributed by atoms with Gasteiger partial charge in [0.05, 0.1) is 6.10 Å².